The van der Waals surface area contributed by atoms with Crippen LogP contribution >= 0.6 is 0 Å². The topological polar surface area (TPSA) is 163 Å². The lowest BCUT2D eigenvalue weighted by Gasteiger charge is -2.15. The van der Waals surface area contributed by atoms with Crippen LogP contribution in [0.25, 0.3) is 0 Å². The summed E-state index contributed by atoms with van der Waals surface area (Å²) < 4.78 is 34.1. The predicted molar refractivity (Wildman–Crippen MR) is 138 cm³/mol. The molecule has 1 aromatic heterocycles. The first-order valence-corrected chi connectivity index (χ1v) is 13.1. The molecule has 0 spiro atoms. The van der Waals surface area contributed by atoms with E-state index in [1.165, 1.54) is 32.0 Å². The molecule has 0 bridgehead atoms. The molecule has 0 saturated heterocycles. The van der Waals surface area contributed by atoms with Crippen molar-refractivity contribution in [1.29, 1.82) is 5.26 Å². The number of aromatic nitrogens is 1. The second kappa shape index (κ2) is 12.4. The smallest absolute Gasteiger partial charge is 0.333 e. The number of carbonyl (C=O) groups excluding carboxylic acids is 1. The molecule has 0 aliphatic carbocycles. The van der Waals surface area contributed by atoms with E-state index < -0.39 is 33.5 Å². The van der Waals surface area contributed by atoms with Gasteiger partial charge >= 0.3 is 5.97 Å². The Bertz CT molecular complexity index is 1440. The van der Waals surface area contributed by atoms with Gasteiger partial charge in [-0.2, -0.15) is 10.4 Å². The molecule has 11 nitrogen and oxygen atoms in total. The van der Waals surface area contributed by atoms with Gasteiger partial charge in [0.25, 0.3) is 5.56 Å². The van der Waals surface area contributed by atoms with Crippen LogP contribution in [0.15, 0.2) is 50.3 Å². The lowest BCUT2D eigenvalue weighted by atomic mass is 10.1. The number of esters is 1. The van der Waals surface area contributed by atoms with E-state index in [9.17, 15) is 28.4 Å². The molecule has 12 heteroatoms. The van der Waals surface area contributed by atoms with E-state index in [-0.39, 0.29) is 46.1 Å². The van der Waals surface area contributed by atoms with Gasteiger partial charge in [0, 0.05) is 24.2 Å². The van der Waals surface area contributed by atoms with Crippen molar-refractivity contribution in [2.45, 2.75) is 65.0 Å². The zero-order valence-corrected chi connectivity index (χ0v) is 22.3. The summed E-state index contributed by atoms with van der Waals surface area (Å²) in [6, 6.07) is 6.15. The van der Waals surface area contributed by atoms with Crippen LogP contribution in [-0.4, -0.2) is 36.7 Å². The van der Waals surface area contributed by atoms with Crippen LogP contribution in [-0.2, 0) is 26.1 Å². The lowest BCUT2D eigenvalue weighted by Crippen LogP contribution is -2.33. The highest BCUT2D eigenvalue weighted by Crippen LogP contribution is 2.28. The maximum Gasteiger partial charge on any atom is 0.333 e. The second-order valence-electron chi connectivity index (χ2n) is 8.59. The van der Waals surface area contributed by atoms with Gasteiger partial charge < -0.3 is 9.84 Å². The normalized spacial score (nSPS) is 12.3. The fourth-order valence-corrected chi connectivity index (χ4v) is 4.66. The molecule has 0 aliphatic heterocycles. The number of hydrogen-bond donors (Lipinski definition) is 2. The Labute approximate surface area is 216 Å². The molecule has 1 atom stereocenters. The summed E-state index contributed by atoms with van der Waals surface area (Å²) in [6.45, 7) is 11.6. The molecule has 2 N–H and O–H groups in total. The minimum Gasteiger partial charge on any atom is -0.493 e. The van der Waals surface area contributed by atoms with Gasteiger partial charge in [0.2, 0.25) is 15.9 Å². The highest BCUT2D eigenvalue weighted by Gasteiger charge is 2.21. The molecule has 0 radical (unpaired) electrons. The largest absolute Gasteiger partial charge is 0.493 e. The summed E-state index contributed by atoms with van der Waals surface area (Å²) in [5.74, 6) is -1.01. The third-order valence-electron chi connectivity index (χ3n) is 5.44. The van der Waals surface area contributed by atoms with Crippen molar-refractivity contribution in [2.24, 2.45) is 10.2 Å². The van der Waals surface area contributed by atoms with Crippen molar-refractivity contribution in [1.82, 2.24) is 9.29 Å². The Morgan fingerprint density at radius 3 is 2.57 bits per heavy atom. The second-order valence-corrected chi connectivity index (χ2v) is 10.3. The fraction of sp³-hybridized carbons (Fsp3) is 0.400. The number of carbonyl (C=O) groups is 1. The van der Waals surface area contributed by atoms with Gasteiger partial charge in [-0.15, -0.1) is 5.11 Å². The number of unbranched alkanes of at least 4 members (excludes halogenated alkanes) is 1. The number of nitrogens with zero attached hydrogens (tertiary/aromatic N) is 4. The molecule has 37 heavy (non-hydrogen) atoms. The van der Waals surface area contributed by atoms with E-state index in [1.54, 1.807) is 13.8 Å². The van der Waals surface area contributed by atoms with E-state index in [2.05, 4.69) is 21.5 Å². The van der Waals surface area contributed by atoms with E-state index in [0.717, 1.165) is 11.0 Å². The number of aryl methyl sites for hydroxylation is 1. The minimum atomic E-state index is -3.92. The first-order chi connectivity index (χ1) is 17.3. The highest BCUT2D eigenvalue weighted by atomic mass is 32.2. The number of pyridine rings is 1. The Hall–Kier alpha value is -3.82. The van der Waals surface area contributed by atoms with Gasteiger partial charge in [0.15, 0.2) is 5.69 Å². The monoisotopic (exact) mass is 529 g/mol. The third-order valence-corrected chi connectivity index (χ3v) is 7.02. The summed E-state index contributed by atoms with van der Waals surface area (Å²) in [7, 11) is -3.92. The zero-order chi connectivity index (χ0) is 27.9. The number of ether oxygens (including phenoxy) is 1. The van der Waals surface area contributed by atoms with Crippen LogP contribution in [0.1, 0.15) is 50.3 Å². The summed E-state index contributed by atoms with van der Waals surface area (Å²) in [5, 5.41) is 27.9. The third kappa shape index (κ3) is 7.12. The maximum atomic E-state index is 12.9. The summed E-state index contributed by atoms with van der Waals surface area (Å²) in [5.41, 5.74) is 0.343. The molecule has 1 unspecified atom stereocenters. The van der Waals surface area contributed by atoms with E-state index in [0.29, 0.717) is 12.0 Å². The van der Waals surface area contributed by atoms with Gasteiger partial charge in [-0.05, 0) is 57.9 Å². The molecule has 0 aliphatic rings. The quantitative estimate of drug-likeness (QED) is 0.252. The van der Waals surface area contributed by atoms with Crippen molar-refractivity contribution in [3.05, 3.63) is 57.4 Å². The standard InChI is InChI=1S/C25H31N5O6S/c1-7-8-11-30-23(31)20(13-26)18(6)22(24(30)32)29-28-19-9-10-21(16(4)12-19)37(34,35)27-14-17(5)36-25(33)15(2)3/h9-10,12,17,27,31H,2,7-8,11,14H2,1,3-6H3. The maximum absolute atomic E-state index is 12.9. The first-order valence-electron chi connectivity index (χ1n) is 11.6. The number of hydrogen-bond acceptors (Lipinski definition) is 9. The Balaban J connectivity index is 2.31. The zero-order valence-electron chi connectivity index (χ0n) is 21.5. The Morgan fingerprint density at radius 1 is 1.32 bits per heavy atom. The molecule has 2 rings (SSSR count). The number of rotatable bonds is 11. The van der Waals surface area contributed by atoms with Crippen molar-refractivity contribution in [3.8, 4) is 11.9 Å². The molecular formula is C25H31N5O6S. The summed E-state index contributed by atoms with van der Waals surface area (Å²) >= 11 is 0. The SMILES string of the molecule is C=C(C)C(=O)OC(C)CNS(=O)(=O)c1ccc(N=Nc2c(C)c(C#N)c(O)n(CCCC)c2=O)cc1C. The van der Waals surface area contributed by atoms with Crippen molar-refractivity contribution >= 4 is 27.4 Å². The van der Waals surface area contributed by atoms with Crippen LogP contribution in [0.5, 0.6) is 5.88 Å². The number of sulfonamides is 1. The van der Waals surface area contributed by atoms with Crippen LogP contribution < -0.4 is 10.3 Å². The lowest BCUT2D eigenvalue weighted by molar-refractivity contribution is -0.143. The molecular weight excluding hydrogens is 498 g/mol. The molecule has 1 aromatic carbocycles. The van der Waals surface area contributed by atoms with E-state index in [1.807, 2.05) is 13.0 Å². The van der Waals surface area contributed by atoms with Crippen LogP contribution in [0, 0.1) is 25.2 Å². The Kier molecular flexibility index (Phi) is 9.88. The van der Waals surface area contributed by atoms with Crippen molar-refractivity contribution < 1.29 is 23.1 Å². The molecule has 1 heterocycles. The highest BCUT2D eigenvalue weighted by molar-refractivity contribution is 7.89. The Morgan fingerprint density at radius 2 is 2.00 bits per heavy atom. The first kappa shape index (κ1) is 29.4. The van der Waals surface area contributed by atoms with Crippen molar-refractivity contribution in [2.75, 3.05) is 6.54 Å². The molecule has 198 valence electrons. The number of aromatic hydroxyl groups is 1. The van der Waals surface area contributed by atoms with Gasteiger partial charge in [-0.3, -0.25) is 9.36 Å². The van der Waals surface area contributed by atoms with Gasteiger partial charge in [0.1, 0.15) is 17.7 Å². The van der Waals surface area contributed by atoms with Gasteiger partial charge in [-0.25, -0.2) is 17.9 Å². The van der Waals surface area contributed by atoms with E-state index >= 15 is 0 Å². The molecule has 2 aromatic rings. The average Bonchev–Trinajstić information content (AvgIpc) is 2.82. The summed E-state index contributed by atoms with van der Waals surface area (Å²) in [4.78, 5) is 24.5. The van der Waals surface area contributed by atoms with Crippen LogP contribution in [0.4, 0.5) is 11.4 Å². The molecule has 0 saturated carbocycles. The van der Waals surface area contributed by atoms with Crippen LogP contribution in [0.2, 0.25) is 0 Å². The molecule has 0 amide bonds. The van der Waals surface area contributed by atoms with Gasteiger partial charge in [-0.1, -0.05) is 19.9 Å². The summed E-state index contributed by atoms with van der Waals surface area (Å²) in [6.07, 6.45) is 0.692. The number of nitriles is 1. The van der Waals surface area contributed by atoms with E-state index in [4.69, 9.17) is 4.74 Å². The number of benzene rings is 1. The van der Waals surface area contributed by atoms with Gasteiger partial charge in [0.05, 0.1) is 10.6 Å². The number of azo groups is 1. The number of nitrogens with one attached hydrogen (secondary N) is 1. The molecule has 0 fully saturated rings. The average molecular weight is 530 g/mol. The predicted octanol–water partition coefficient (Wildman–Crippen LogP) is 4.04. The van der Waals surface area contributed by atoms with Crippen LogP contribution in [0.3, 0.4) is 0 Å². The minimum absolute atomic E-state index is 0.000574. The van der Waals surface area contributed by atoms with Crippen molar-refractivity contribution in [3.63, 3.8) is 0 Å². The fourth-order valence-electron chi connectivity index (χ4n) is 3.32.